The zero-order valence-electron chi connectivity index (χ0n) is 11.1. The number of rotatable bonds is 3. The smallest absolute Gasteiger partial charge is 0.244 e. The molecule has 0 saturated carbocycles. The first kappa shape index (κ1) is 14.3. The van der Waals surface area contributed by atoms with E-state index in [4.69, 9.17) is 4.74 Å². The number of ether oxygens (including phenoxy) is 1. The van der Waals surface area contributed by atoms with Gasteiger partial charge in [-0.2, -0.15) is 0 Å². The van der Waals surface area contributed by atoms with Crippen LogP contribution in [0.15, 0.2) is 16.6 Å². The number of aromatic nitrogens is 1. The molecular formula is C13H18BrN3O2. The molecule has 1 aliphatic rings. The van der Waals surface area contributed by atoms with Crippen molar-refractivity contribution in [3.63, 3.8) is 0 Å². The normalized spacial score (nSPS) is 17.1. The number of morpholine rings is 1. The van der Waals surface area contributed by atoms with Crippen LogP contribution in [0.4, 0.5) is 5.82 Å². The van der Waals surface area contributed by atoms with Gasteiger partial charge in [0.05, 0.1) is 18.9 Å². The van der Waals surface area contributed by atoms with E-state index in [1.54, 1.807) is 0 Å². The third kappa shape index (κ3) is 3.67. The van der Waals surface area contributed by atoms with Crippen molar-refractivity contribution in [3.05, 3.63) is 22.3 Å². The molecule has 1 amide bonds. The third-order valence-corrected chi connectivity index (χ3v) is 3.92. The maximum absolute atomic E-state index is 12.2. The van der Waals surface area contributed by atoms with Crippen LogP contribution in [-0.2, 0) is 9.53 Å². The van der Waals surface area contributed by atoms with Crippen molar-refractivity contribution in [3.8, 4) is 0 Å². The number of pyridine rings is 1. The van der Waals surface area contributed by atoms with E-state index in [0.717, 1.165) is 16.0 Å². The van der Waals surface area contributed by atoms with Gasteiger partial charge < -0.3 is 15.0 Å². The molecule has 1 atom stereocenters. The standard InChI is InChI=1S/C13H18BrN3O2/c1-9-11(14)3-4-12(15-9)16-10(2)13(18)17-5-7-19-8-6-17/h3-4,10H,5-8H2,1-2H3,(H,15,16). The number of hydrogen-bond acceptors (Lipinski definition) is 4. The lowest BCUT2D eigenvalue weighted by molar-refractivity contribution is -0.135. The fourth-order valence-electron chi connectivity index (χ4n) is 1.97. The minimum atomic E-state index is -0.286. The largest absolute Gasteiger partial charge is 0.378 e. The Morgan fingerprint density at radius 2 is 2.16 bits per heavy atom. The first-order valence-electron chi connectivity index (χ1n) is 6.34. The SMILES string of the molecule is Cc1nc(NC(C)C(=O)N2CCOCC2)ccc1Br. The van der Waals surface area contributed by atoms with Crippen LogP contribution in [0.1, 0.15) is 12.6 Å². The fraction of sp³-hybridized carbons (Fsp3) is 0.538. The summed E-state index contributed by atoms with van der Waals surface area (Å²) < 4.78 is 6.21. The first-order chi connectivity index (χ1) is 9.08. The molecule has 1 fully saturated rings. The number of anilines is 1. The second-order valence-electron chi connectivity index (χ2n) is 4.57. The number of carbonyl (C=O) groups is 1. The summed E-state index contributed by atoms with van der Waals surface area (Å²) in [7, 11) is 0. The lowest BCUT2D eigenvalue weighted by Gasteiger charge is -2.29. The number of aryl methyl sites for hydroxylation is 1. The Labute approximate surface area is 121 Å². The van der Waals surface area contributed by atoms with Crippen LogP contribution in [0.25, 0.3) is 0 Å². The lowest BCUT2D eigenvalue weighted by Crippen LogP contribution is -2.47. The van der Waals surface area contributed by atoms with Crippen molar-refractivity contribution in [1.82, 2.24) is 9.88 Å². The molecule has 1 aromatic heterocycles. The van der Waals surface area contributed by atoms with Crippen molar-refractivity contribution in [1.29, 1.82) is 0 Å². The summed E-state index contributed by atoms with van der Waals surface area (Å²) in [6, 6.07) is 3.50. The van der Waals surface area contributed by atoms with Crippen molar-refractivity contribution in [2.45, 2.75) is 19.9 Å². The molecule has 5 nitrogen and oxygen atoms in total. The Morgan fingerprint density at radius 1 is 1.47 bits per heavy atom. The highest BCUT2D eigenvalue weighted by molar-refractivity contribution is 9.10. The Balaban J connectivity index is 1.97. The number of carbonyl (C=O) groups excluding carboxylic acids is 1. The van der Waals surface area contributed by atoms with Crippen LogP contribution >= 0.6 is 15.9 Å². The molecule has 1 saturated heterocycles. The van der Waals surface area contributed by atoms with Gasteiger partial charge >= 0.3 is 0 Å². The van der Waals surface area contributed by atoms with E-state index in [1.807, 2.05) is 30.9 Å². The van der Waals surface area contributed by atoms with Gasteiger partial charge in [0.25, 0.3) is 0 Å². The third-order valence-electron chi connectivity index (χ3n) is 3.08. The lowest BCUT2D eigenvalue weighted by atomic mass is 10.2. The summed E-state index contributed by atoms with van der Waals surface area (Å²) in [5, 5.41) is 3.14. The van der Waals surface area contributed by atoms with Gasteiger partial charge in [-0.15, -0.1) is 0 Å². The highest BCUT2D eigenvalue weighted by Gasteiger charge is 2.22. The van der Waals surface area contributed by atoms with Gasteiger partial charge in [-0.25, -0.2) is 4.98 Å². The molecule has 6 heteroatoms. The molecule has 1 aromatic rings. The molecule has 0 spiro atoms. The minimum Gasteiger partial charge on any atom is -0.378 e. The summed E-state index contributed by atoms with van der Waals surface area (Å²) in [5.41, 5.74) is 0.899. The number of halogens is 1. The zero-order chi connectivity index (χ0) is 13.8. The topological polar surface area (TPSA) is 54.5 Å². The molecule has 1 unspecified atom stereocenters. The average molecular weight is 328 g/mol. The van der Waals surface area contributed by atoms with E-state index in [9.17, 15) is 4.79 Å². The van der Waals surface area contributed by atoms with E-state index in [1.165, 1.54) is 0 Å². The molecule has 2 heterocycles. The molecule has 1 N–H and O–H groups in total. The zero-order valence-corrected chi connectivity index (χ0v) is 12.7. The summed E-state index contributed by atoms with van der Waals surface area (Å²) in [4.78, 5) is 18.4. The summed E-state index contributed by atoms with van der Waals surface area (Å²) in [6.07, 6.45) is 0. The Morgan fingerprint density at radius 3 is 2.79 bits per heavy atom. The molecule has 0 aromatic carbocycles. The number of nitrogens with one attached hydrogen (secondary N) is 1. The van der Waals surface area contributed by atoms with E-state index < -0.39 is 0 Å². The Bertz CT molecular complexity index is 461. The maximum atomic E-state index is 12.2. The van der Waals surface area contributed by atoms with Crippen LogP contribution in [0, 0.1) is 6.92 Å². The van der Waals surface area contributed by atoms with Crippen molar-refractivity contribution in [2.75, 3.05) is 31.6 Å². The van der Waals surface area contributed by atoms with Crippen molar-refractivity contribution in [2.24, 2.45) is 0 Å². The number of nitrogens with zero attached hydrogens (tertiary/aromatic N) is 2. The quantitative estimate of drug-likeness (QED) is 0.920. The van der Waals surface area contributed by atoms with Crippen molar-refractivity contribution < 1.29 is 9.53 Å². The van der Waals surface area contributed by atoms with E-state index in [-0.39, 0.29) is 11.9 Å². The van der Waals surface area contributed by atoms with Gasteiger partial charge in [0.1, 0.15) is 11.9 Å². The van der Waals surface area contributed by atoms with Gasteiger partial charge in [-0.1, -0.05) is 0 Å². The molecule has 104 valence electrons. The highest BCUT2D eigenvalue weighted by Crippen LogP contribution is 2.17. The second kappa shape index (κ2) is 6.34. The number of amides is 1. The average Bonchev–Trinajstić information content (AvgIpc) is 2.43. The molecule has 0 aliphatic carbocycles. The van der Waals surface area contributed by atoms with Crippen LogP contribution in [-0.4, -0.2) is 48.1 Å². The Kier molecular flexibility index (Phi) is 4.76. The molecule has 2 rings (SSSR count). The molecule has 0 bridgehead atoms. The molecule has 19 heavy (non-hydrogen) atoms. The minimum absolute atomic E-state index is 0.0886. The predicted molar refractivity (Wildman–Crippen MR) is 77.2 cm³/mol. The summed E-state index contributed by atoms with van der Waals surface area (Å²) >= 11 is 3.41. The molecule has 0 radical (unpaired) electrons. The first-order valence-corrected chi connectivity index (χ1v) is 7.13. The summed E-state index contributed by atoms with van der Waals surface area (Å²) in [5.74, 6) is 0.806. The van der Waals surface area contributed by atoms with Gasteiger partial charge in [0, 0.05) is 17.6 Å². The van der Waals surface area contributed by atoms with E-state index in [0.29, 0.717) is 26.3 Å². The van der Waals surface area contributed by atoms with Gasteiger partial charge in [0.15, 0.2) is 0 Å². The highest BCUT2D eigenvalue weighted by atomic mass is 79.9. The molecule has 1 aliphatic heterocycles. The maximum Gasteiger partial charge on any atom is 0.244 e. The van der Waals surface area contributed by atoms with Crippen molar-refractivity contribution >= 4 is 27.7 Å². The van der Waals surface area contributed by atoms with Crippen LogP contribution < -0.4 is 5.32 Å². The van der Waals surface area contributed by atoms with Gasteiger partial charge in [-0.3, -0.25) is 4.79 Å². The number of hydrogen-bond donors (Lipinski definition) is 1. The Hall–Kier alpha value is -1.14. The van der Waals surface area contributed by atoms with Crippen LogP contribution in [0.3, 0.4) is 0 Å². The monoisotopic (exact) mass is 327 g/mol. The van der Waals surface area contributed by atoms with Gasteiger partial charge in [-0.05, 0) is 41.9 Å². The fourth-order valence-corrected chi connectivity index (χ4v) is 2.19. The second-order valence-corrected chi connectivity index (χ2v) is 5.42. The molecular weight excluding hydrogens is 310 g/mol. The van der Waals surface area contributed by atoms with Crippen LogP contribution in [0.2, 0.25) is 0 Å². The van der Waals surface area contributed by atoms with E-state index >= 15 is 0 Å². The van der Waals surface area contributed by atoms with E-state index in [2.05, 4.69) is 26.2 Å². The summed E-state index contributed by atoms with van der Waals surface area (Å²) in [6.45, 7) is 6.35. The van der Waals surface area contributed by atoms with Crippen LogP contribution in [0.5, 0.6) is 0 Å². The van der Waals surface area contributed by atoms with Gasteiger partial charge in [0.2, 0.25) is 5.91 Å². The predicted octanol–water partition coefficient (Wildman–Crippen LogP) is 1.81.